The van der Waals surface area contributed by atoms with Gasteiger partial charge in [-0.3, -0.25) is 9.69 Å². The summed E-state index contributed by atoms with van der Waals surface area (Å²) in [7, 11) is 3.63. The van der Waals surface area contributed by atoms with Gasteiger partial charge in [-0.25, -0.2) is 5.01 Å². The van der Waals surface area contributed by atoms with Crippen LogP contribution in [0, 0.1) is 13.8 Å². The predicted octanol–water partition coefficient (Wildman–Crippen LogP) is 5.12. The highest BCUT2D eigenvalue weighted by Gasteiger charge is 2.33. The van der Waals surface area contributed by atoms with Crippen LogP contribution in [0.3, 0.4) is 0 Å². The maximum atomic E-state index is 13.4. The lowest BCUT2D eigenvalue weighted by molar-refractivity contribution is -0.134. The summed E-state index contributed by atoms with van der Waals surface area (Å²) in [5, 5.41) is 6.54. The van der Waals surface area contributed by atoms with Crippen molar-refractivity contribution >= 4 is 11.6 Å². The number of nitrogens with zero attached hydrogens (tertiary/aromatic N) is 3. The van der Waals surface area contributed by atoms with Crippen LogP contribution in [-0.2, 0) is 11.3 Å². The van der Waals surface area contributed by atoms with E-state index >= 15 is 0 Å². The molecule has 3 aromatic rings. The van der Waals surface area contributed by atoms with E-state index in [0.29, 0.717) is 19.5 Å². The van der Waals surface area contributed by atoms with E-state index in [1.54, 1.807) is 12.1 Å². The molecule has 1 aliphatic heterocycles. The SMILES string of the molecule is COc1ccc(C2CC(c3cc(C)ccc3C)=NN2C(=O)CN(C)Cc2ccccc2)cc1. The maximum Gasteiger partial charge on any atom is 0.257 e. The second-order valence-electron chi connectivity index (χ2n) is 8.75. The van der Waals surface area contributed by atoms with Crippen LogP contribution in [0.15, 0.2) is 77.9 Å². The highest BCUT2D eigenvalue weighted by Crippen LogP contribution is 2.34. The number of ether oxygens (including phenoxy) is 1. The van der Waals surface area contributed by atoms with Crippen molar-refractivity contribution in [3.8, 4) is 5.75 Å². The van der Waals surface area contributed by atoms with Crippen LogP contribution in [0.25, 0.3) is 0 Å². The van der Waals surface area contributed by atoms with Gasteiger partial charge >= 0.3 is 0 Å². The van der Waals surface area contributed by atoms with Gasteiger partial charge in [0, 0.05) is 18.5 Å². The van der Waals surface area contributed by atoms with Crippen LogP contribution in [0.5, 0.6) is 5.75 Å². The molecule has 1 amide bonds. The highest BCUT2D eigenvalue weighted by molar-refractivity contribution is 6.04. The van der Waals surface area contributed by atoms with Gasteiger partial charge in [-0.2, -0.15) is 5.10 Å². The first kappa shape index (κ1) is 22.7. The number of hydrazone groups is 1. The lowest BCUT2D eigenvalue weighted by Crippen LogP contribution is -2.36. The third-order valence-corrected chi connectivity index (χ3v) is 6.07. The molecule has 4 rings (SSSR count). The zero-order valence-corrected chi connectivity index (χ0v) is 19.8. The number of aryl methyl sites for hydroxylation is 2. The topological polar surface area (TPSA) is 45.1 Å². The lowest BCUT2D eigenvalue weighted by Gasteiger charge is -2.25. The van der Waals surface area contributed by atoms with Crippen molar-refractivity contribution in [1.82, 2.24) is 9.91 Å². The number of likely N-dealkylation sites (N-methyl/N-ethyl adjacent to an activating group) is 1. The fourth-order valence-electron chi connectivity index (χ4n) is 4.29. The molecule has 1 heterocycles. The molecule has 1 unspecified atom stereocenters. The van der Waals surface area contributed by atoms with Crippen LogP contribution in [0.4, 0.5) is 0 Å². The van der Waals surface area contributed by atoms with Gasteiger partial charge < -0.3 is 4.74 Å². The third kappa shape index (κ3) is 5.32. The summed E-state index contributed by atoms with van der Waals surface area (Å²) >= 11 is 0. The standard InChI is InChI=1S/C28H31N3O2/c1-20-10-11-21(2)25(16-20)26-17-27(23-12-14-24(33-4)15-13-23)31(29-26)28(32)19-30(3)18-22-8-6-5-7-9-22/h5-16,27H,17-19H2,1-4H3. The monoisotopic (exact) mass is 441 g/mol. The first-order valence-electron chi connectivity index (χ1n) is 11.3. The Morgan fingerprint density at radius 1 is 1.06 bits per heavy atom. The molecule has 0 N–H and O–H groups in total. The van der Waals surface area contributed by atoms with E-state index in [0.717, 1.165) is 22.6 Å². The van der Waals surface area contributed by atoms with Crippen LogP contribution >= 0.6 is 0 Å². The molecule has 1 aliphatic rings. The molecule has 0 saturated carbocycles. The number of carbonyl (C=O) groups excluding carboxylic acids is 1. The first-order valence-corrected chi connectivity index (χ1v) is 11.3. The molecule has 0 saturated heterocycles. The molecule has 0 bridgehead atoms. The van der Waals surface area contributed by atoms with Crippen molar-refractivity contribution < 1.29 is 9.53 Å². The Morgan fingerprint density at radius 3 is 2.48 bits per heavy atom. The van der Waals surface area contributed by atoms with Crippen molar-refractivity contribution in [3.05, 3.63) is 101 Å². The van der Waals surface area contributed by atoms with E-state index in [1.807, 2.05) is 54.4 Å². The maximum absolute atomic E-state index is 13.4. The van der Waals surface area contributed by atoms with Crippen LogP contribution in [0.1, 0.15) is 40.3 Å². The molecule has 3 aromatic carbocycles. The van der Waals surface area contributed by atoms with Gasteiger partial charge in [0.25, 0.3) is 5.91 Å². The van der Waals surface area contributed by atoms with Crippen LogP contribution < -0.4 is 4.74 Å². The fraction of sp³-hybridized carbons (Fsp3) is 0.286. The summed E-state index contributed by atoms with van der Waals surface area (Å²) < 4.78 is 5.32. The molecule has 0 radical (unpaired) electrons. The highest BCUT2D eigenvalue weighted by atomic mass is 16.5. The number of methoxy groups -OCH3 is 1. The molecule has 0 fully saturated rings. The quantitative estimate of drug-likeness (QED) is 0.511. The van der Waals surface area contributed by atoms with Gasteiger partial charge in [0.15, 0.2) is 0 Å². The summed E-state index contributed by atoms with van der Waals surface area (Å²) in [5.74, 6) is 0.794. The zero-order valence-electron chi connectivity index (χ0n) is 19.8. The predicted molar refractivity (Wildman–Crippen MR) is 132 cm³/mol. The molecule has 0 aliphatic carbocycles. The van der Waals surface area contributed by atoms with Gasteiger partial charge in [0.2, 0.25) is 0 Å². The molecule has 5 heteroatoms. The minimum atomic E-state index is -0.136. The zero-order chi connectivity index (χ0) is 23.4. The average Bonchev–Trinajstić information content (AvgIpc) is 3.27. The molecule has 5 nitrogen and oxygen atoms in total. The summed E-state index contributed by atoms with van der Waals surface area (Å²) in [5.41, 5.74) is 6.66. The number of benzene rings is 3. The molecule has 170 valence electrons. The molecular formula is C28H31N3O2. The second kappa shape index (κ2) is 10.0. The van der Waals surface area contributed by atoms with Crippen molar-refractivity contribution in [2.75, 3.05) is 20.7 Å². The van der Waals surface area contributed by atoms with Crippen molar-refractivity contribution in [2.24, 2.45) is 5.10 Å². The minimum absolute atomic E-state index is 0.00504. The molecular weight excluding hydrogens is 410 g/mol. The number of rotatable bonds is 7. The van der Waals surface area contributed by atoms with Crippen LogP contribution in [0.2, 0.25) is 0 Å². The normalized spacial score (nSPS) is 15.6. The Hall–Kier alpha value is -3.44. The van der Waals surface area contributed by atoms with Crippen molar-refractivity contribution in [3.63, 3.8) is 0 Å². The van der Waals surface area contributed by atoms with E-state index in [2.05, 4.69) is 44.2 Å². The number of amides is 1. The smallest absolute Gasteiger partial charge is 0.257 e. The minimum Gasteiger partial charge on any atom is -0.497 e. The Kier molecular flexibility index (Phi) is 6.90. The molecule has 33 heavy (non-hydrogen) atoms. The Bertz CT molecular complexity index is 1140. The second-order valence-corrected chi connectivity index (χ2v) is 8.75. The first-order chi connectivity index (χ1) is 15.9. The fourth-order valence-corrected chi connectivity index (χ4v) is 4.29. The summed E-state index contributed by atoms with van der Waals surface area (Å²) in [6.07, 6.45) is 0.685. The van der Waals surface area contributed by atoms with Gasteiger partial charge in [-0.15, -0.1) is 0 Å². The number of hydrogen-bond donors (Lipinski definition) is 0. The lowest BCUT2D eigenvalue weighted by atomic mass is 9.95. The number of hydrogen-bond acceptors (Lipinski definition) is 4. The average molecular weight is 442 g/mol. The summed E-state index contributed by atoms with van der Waals surface area (Å²) in [6, 6.07) is 24.4. The Morgan fingerprint density at radius 2 is 1.79 bits per heavy atom. The largest absolute Gasteiger partial charge is 0.497 e. The number of carbonyl (C=O) groups is 1. The van der Waals surface area contributed by atoms with E-state index in [1.165, 1.54) is 16.7 Å². The Balaban J connectivity index is 1.60. The van der Waals surface area contributed by atoms with Gasteiger partial charge in [0.1, 0.15) is 5.75 Å². The van der Waals surface area contributed by atoms with E-state index < -0.39 is 0 Å². The van der Waals surface area contributed by atoms with Crippen molar-refractivity contribution in [1.29, 1.82) is 0 Å². The van der Waals surface area contributed by atoms with Crippen molar-refractivity contribution in [2.45, 2.75) is 32.9 Å². The Labute approximate surface area is 196 Å². The van der Waals surface area contributed by atoms with Gasteiger partial charge in [-0.1, -0.05) is 60.2 Å². The molecule has 0 aromatic heterocycles. The molecule has 0 spiro atoms. The van der Waals surface area contributed by atoms with Crippen LogP contribution in [-0.4, -0.2) is 42.2 Å². The van der Waals surface area contributed by atoms with E-state index in [-0.39, 0.29) is 11.9 Å². The van der Waals surface area contributed by atoms with Gasteiger partial charge in [0.05, 0.1) is 25.4 Å². The third-order valence-electron chi connectivity index (χ3n) is 6.07. The van der Waals surface area contributed by atoms with Gasteiger partial charge in [-0.05, 0) is 55.8 Å². The van der Waals surface area contributed by atoms with E-state index in [4.69, 9.17) is 9.84 Å². The van der Waals surface area contributed by atoms with E-state index in [9.17, 15) is 4.79 Å². The summed E-state index contributed by atoms with van der Waals surface area (Å²) in [6.45, 7) is 5.19. The summed E-state index contributed by atoms with van der Waals surface area (Å²) in [4.78, 5) is 15.5. The molecule has 1 atom stereocenters.